The number of aromatic nitrogens is 3. The topological polar surface area (TPSA) is 67.1 Å². The van der Waals surface area contributed by atoms with Gasteiger partial charge in [0.15, 0.2) is 5.96 Å². The van der Waals surface area contributed by atoms with Gasteiger partial charge in [0.1, 0.15) is 5.01 Å². The third-order valence-electron chi connectivity index (χ3n) is 4.14. The molecule has 0 fully saturated rings. The fourth-order valence-electron chi connectivity index (χ4n) is 2.69. The van der Waals surface area contributed by atoms with E-state index >= 15 is 0 Å². The summed E-state index contributed by atoms with van der Waals surface area (Å²) in [7, 11) is 0. The van der Waals surface area contributed by atoms with Crippen LogP contribution in [0.25, 0.3) is 0 Å². The number of hydrogen-bond donors (Lipinski definition) is 2. The van der Waals surface area contributed by atoms with Gasteiger partial charge < -0.3 is 10.6 Å². The van der Waals surface area contributed by atoms with Gasteiger partial charge in [-0.15, -0.1) is 35.3 Å². The molecule has 2 N–H and O–H groups in total. The van der Waals surface area contributed by atoms with E-state index in [1.165, 1.54) is 16.0 Å². The standard InChI is InChI=1S/C20H26N6S.HI/c1-4-21-20(23-13-19-25-15(2)16(3)27-19)22-12-17-7-5-8-18(11-17)14-26-10-6-9-24-26;/h5-11H,4,12-14H2,1-3H3,(H2,21,22,23);1H. The minimum atomic E-state index is 0. The number of rotatable bonds is 7. The third kappa shape index (κ3) is 6.59. The Morgan fingerprint density at radius 3 is 2.68 bits per heavy atom. The molecule has 3 aromatic rings. The highest BCUT2D eigenvalue weighted by atomic mass is 127. The molecular formula is C20H27IN6S. The maximum Gasteiger partial charge on any atom is 0.191 e. The van der Waals surface area contributed by atoms with E-state index in [2.05, 4.69) is 58.8 Å². The number of aryl methyl sites for hydroxylation is 2. The lowest BCUT2D eigenvalue weighted by molar-refractivity contribution is 0.686. The SMILES string of the molecule is CCNC(=NCc1cccc(Cn2cccn2)c1)NCc1nc(C)c(C)s1.I. The highest BCUT2D eigenvalue weighted by molar-refractivity contribution is 14.0. The first kappa shape index (κ1) is 22.4. The van der Waals surface area contributed by atoms with Crippen LogP contribution < -0.4 is 10.6 Å². The molecule has 0 unspecified atom stereocenters. The Morgan fingerprint density at radius 1 is 1.18 bits per heavy atom. The molecule has 150 valence electrons. The van der Waals surface area contributed by atoms with Crippen LogP contribution in [0.3, 0.4) is 0 Å². The second kappa shape index (κ2) is 11.2. The number of hydrogen-bond acceptors (Lipinski definition) is 4. The number of thiazole rings is 1. The van der Waals surface area contributed by atoms with E-state index in [9.17, 15) is 0 Å². The molecule has 2 aromatic heterocycles. The van der Waals surface area contributed by atoms with Crippen molar-refractivity contribution >= 4 is 41.3 Å². The van der Waals surface area contributed by atoms with Crippen LogP contribution in [0.1, 0.15) is 33.6 Å². The lowest BCUT2D eigenvalue weighted by Crippen LogP contribution is -2.36. The zero-order valence-electron chi connectivity index (χ0n) is 16.5. The molecule has 0 atom stereocenters. The molecule has 0 spiro atoms. The molecule has 0 amide bonds. The molecule has 2 heterocycles. The molecule has 0 aliphatic heterocycles. The summed E-state index contributed by atoms with van der Waals surface area (Å²) >= 11 is 1.73. The van der Waals surface area contributed by atoms with Crippen LogP contribution in [0, 0.1) is 13.8 Å². The van der Waals surface area contributed by atoms with Crippen LogP contribution in [-0.4, -0.2) is 27.3 Å². The van der Waals surface area contributed by atoms with Gasteiger partial charge in [0.05, 0.1) is 25.3 Å². The number of guanidine groups is 1. The van der Waals surface area contributed by atoms with E-state index in [1.807, 2.05) is 23.9 Å². The van der Waals surface area contributed by atoms with Crippen molar-refractivity contribution in [1.29, 1.82) is 0 Å². The fraction of sp³-hybridized carbons (Fsp3) is 0.350. The minimum absolute atomic E-state index is 0. The molecule has 0 radical (unpaired) electrons. The highest BCUT2D eigenvalue weighted by Gasteiger charge is 2.05. The summed E-state index contributed by atoms with van der Waals surface area (Å²) in [6.07, 6.45) is 3.77. The van der Waals surface area contributed by atoms with Gasteiger partial charge in [0, 0.05) is 23.8 Å². The Labute approximate surface area is 187 Å². The van der Waals surface area contributed by atoms with Gasteiger partial charge in [-0.1, -0.05) is 24.3 Å². The van der Waals surface area contributed by atoms with E-state index < -0.39 is 0 Å². The van der Waals surface area contributed by atoms with Crippen molar-refractivity contribution in [1.82, 2.24) is 25.4 Å². The van der Waals surface area contributed by atoms with Crippen molar-refractivity contribution in [3.63, 3.8) is 0 Å². The van der Waals surface area contributed by atoms with Crippen molar-refractivity contribution in [3.05, 3.63) is 69.4 Å². The van der Waals surface area contributed by atoms with Gasteiger partial charge in [-0.05, 0) is 38.0 Å². The quantitative estimate of drug-likeness (QED) is 0.288. The van der Waals surface area contributed by atoms with Crippen LogP contribution in [0.15, 0.2) is 47.7 Å². The average molecular weight is 510 g/mol. The van der Waals surface area contributed by atoms with Crippen molar-refractivity contribution in [2.24, 2.45) is 4.99 Å². The zero-order valence-corrected chi connectivity index (χ0v) is 19.6. The van der Waals surface area contributed by atoms with Crippen molar-refractivity contribution in [3.8, 4) is 0 Å². The van der Waals surface area contributed by atoms with Gasteiger partial charge in [-0.25, -0.2) is 9.98 Å². The fourth-order valence-corrected chi connectivity index (χ4v) is 3.57. The summed E-state index contributed by atoms with van der Waals surface area (Å²) < 4.78 is 1.92. The first-order valence-corrected chi connectivity index (χ1v) is 9.96. The number of nitrogens with one attached hydrogen (secondary N) is 2. The lowest BCUT2D eigenvalue weighted by Gasteiger charge is -2.10. The predicted octanol–water partition coefficient (Wildman–Crippen LogP) is 3.88. The summed E-state index contributed by atoms with van der Waals surface area (Å²) in [5, 5.41) is 12.0. The summed E-state index contributed by atoms with van der Waals surface area (Å²) in [4.78, 5) is 10.6. The molecule has 0 saturated carbocycles. The van der Waals surface area contributed by atoms with E-state index in [0.717, 1.165) is 29.8 Å². The molecular weight excluding hydrogens is 483 g/mol. The van der Waals surface area contributed by atoms with Crippen molar-refractivity contribution in [2.45, 2.75) is 40.4 Å². The molecule has 8 heteroatoms. The molecule has 0 aliphatic carbocycles. The van der Waals surface area contributed by atoms with Gasteiger partial charge in [-0.3, -0.25) is 4.68 Å². The molecule has 1 aromatic carbocycles. The van der Waals surface area contributed by atoms with Crippen LogP contribution in [0.2, 0.25) is 0 Å². The van der Waals surface area contributed by atoms with Crippen LogP contribution in [-0.2, 0) is 19.6 Å². The summed E-state index contributed by atoms with van der Waals surface area (Å²) in [6, 6.07) is 10.4. The maximum atomic E-state index is 4.72. The average Bonchev–Trinajstić information content (AvgIpc) is 3.28. The molecule has 0 aliphatic rings. The monoisotopic (exact) mass is 510 g/mol. The summed E-state index contributed by atoms with van der Waals surface area (Å²) in [5.41, 5.74) is 3.50. The second-order valence-electron chi connectivity index (χ2n) is 6.32. The Morgan fingerprint density at radius 2 is 2.00 bits per heavy atom. The van der Waals surface area contributed by atoms with Gasteiger partial charge in [0.2, 0.25) is 0 Å². The summed E-state index contributed by atoms with van der Waals surface area (Å²) in [5.74, 6) is 0.806. The molecule has 28 heavy (non-hydrogen) atoms. The number of nitrogens with zero attached hydrogens (tertiary/aromatic N) is 4. The van der Waals surface area contributed by atoms with E-state index in [0.29, 0.717) is 13.1 Å². The van der Waals surface area contributed by atoms with E-state index in [4.69, 9.17) is 4.99 Å². The van der Waals surface area contributed by atoms with Crippen LogP contribution in [0.4, 0.5) is 0 Å². The van der Waals surface area contributed by atoms with Crippen LogP contribution in [0.5, 0.6) is 0 Å². The first-order chi connectivity index (χ1) is 13.1. The maximum absolute atomic E-state index is 4.72. The smallest absolute Gasteiger partial charge is 0.191 e. The lowest BCUT2D eigenvalue weighted by atomic mass is 10.1. The third-order valence-corrected chi connectivity index (χ3v) is 5.21. The normalized spacial score (nSPS) is 11.2. The number of aliphatic imine (C=N–C) groups is 1. The second-order valence-corrected chi connectivity index (χ2v) is 7.61. The zero-order chi connectivity index (χ0) is 19.1. The predicted molar refractivity (Wildman–Crippen MR) is 126 cm³/mol. The van der Waals surface area contributed by atoms with Gasteiger partial charge in [0.25, 0.3) is 0 Å². The van der Waals surface area contributed by atoms with Crippen molar-refractivity contribution < 1.29 is 0 Å². The molecule has 3 rings (SSSR count). The number of benzene rings is 1. The largest absolute Gasteiger partial charge is 0.357 e. The molecule has 6 nitrogen and oxygen atoms in total. The first-order valence-electron chi connectivity index (χ1n) is 9.14. The summed E-state index contributed by atoms with van der Waals surface area (Å²) in [6.45, 7) is 9.12. The van der Waals surface area contributed by atoms with Gasteiger partial charge >= 0.3 is 0 Å². The minimum Gasteiger partial charge on any atom is -0.357 e. The van der Waals surface area contributed by atoms with Crippen LogP contribution >= 0.6 is 35.3 Å². The number of halogens is 1. The Bertz CT molecular complexity index is 869. The Hall–Kier alpha value is -1.94. The van der Waals surface area contributed by atoms with E-state index in [1.54, 1.807) is 17.5 Å². The highest BCUT2D eigenvalue weighted by Crippen LogP contribution is 2.16. The van der Waals surface area contributed by atoms with E-state index in [-0.39, 0.29) is 24.0 Å². The molecule has 0 saturated heterocycles. The Balaban J connectivity index is 0.00000280. The Kier molecular flexibility index (Phi) is 8.91. The van der Waals surface area contributed by atoms with Crippen molar-refractivity contribution in [2.75, 3.05) is 6.54 Å². The van der Waals surface area contributed by atoms with Gasteiger partial charge in [-0.2, -0.15) is 5.10 Å². The molecule has 0 bridgehead atoms.